The highest BCUT2D eigenvalue weighted by Gasteiger charge is 2.22. The molecule has 0 unspecified atom stereocenters. The molecule has 3 aromatic rings. The number of carbonyl (C=O) groups excluding carboxylic acids is 3. The first kappa shape index (κ1) is 25.4. The molecule has 1 amide bonds. The average molecular weight is 494 g/mol. The van der Waals surface area contributed by atoms with Crippen molar-refractivity contribution < 1.29 is 24.0 Å². The fourth-order valence-corrected chi connectivity index (χ4v) is 3.98. The maximum absolute atomic E-state index is 13.0. The number of amides is 1. The molecule has 35 heavy (non-hydrogen) atoms. The quantitative estimate of drug-likeness (QED) is 0.103. The summed E-state index contributed by atoms with van der Waals surface area (Å²) >= 11 is 1.59. The van der Waals surface area contributed by atoms with E-state index in [0.717, 1.165) is 11.0 Å². The molecule has 2 N–H and O–H groups in total. The molecule has 0 aliphatic rings. The number of nitrogens with zero attached hydrogens (tertiary/aromatic N) is 1. The fourth-order valence-electron chi connectivity index (χ4n) is 3.19. The van der Waals surface area contributed by atoms with E-state index in [4.69, 9.17) is 4.74 Å². The van der Waals surface area contributed by atoms with E-state index in [1.807, 2.05) is 30.3 Å². The smallest absolute Gasteiger partial charge is 0.339 e. The number of anilines is 1. The maximum Gasteiger partial charge on any atom is 0.339 e. The summed E-state index contributed by atoms with van der Waals surface area (Å²) in [6.45, 7) is -0.105. The van der Waals surface area contributed by atoms with Gasteiger partial charge in [0, 0.05) is 41.4 Å². The summed E-state index contributed by atoms with van der Waals surface area (Å²) in [5.41, 5.74) is 0.0199. The number of nitro groups is 1. The van der Waals surface area contributed by atoms with Gasteiger partial charge in [-0.15, -0.1) is 11.8 Å². The van der Waals surface area contributed by atoms with Crippen LogP contribution < -0.4 is 10.6 Å². The first-order chi connectivity index (χ1) is 16.9. The number of ether oxygens (including phenoxy) is 1. The summed E-state index contributed by atoms with van der Waals surface area (Å²) in [5.74, 6) is -1.23. The fraction of sp³-hybridized carbons (Fsp3) is 0.160. The molecule has 3 rings (SSSR count). The number of hydrogen-bond donors (Lipinski definition) is 2. The van der Waals surface area contributed by atoms with Crippen LogP contribution in [0.4, 0.5) is 11.4 Å². The minimum atomic E-state index is -0.843. The van der Waals surface area contributed by atoms with E-state index in [2.05, 4.69) is 10.6 Å². The molecule has 0 bridgehead atoms. The van der Waals surface area contributed by atoms with Crippen LogP contribution in [0.5, 0.6) is 0 Å². The lowest BCUT2D eigenvalue weighted by Gasteiger charge is -2.10. The van der Waals surface area contributed by atoms with Crippen LogP contribution >= 0.6 is 11.8 Å². The summed E-state index contributed by atoms with van der Waals surface area (Å²) in [4.78, 5) is 49.5. The molecular formula is C25H23N3O6S. The predicted octanol–water partition coefficient (Wildman–Crippen LogP) is 3.93. The number of carbonyl (C=O) groups is 3. The van der Waals surface area contributed by atoms with Crippen molar-refractivity contribution in [3.05, 3.63) is 99.6 Å². The van der Waals surface area contributed by atoms with Crippen molar-refractivity contribution in [1.82, 2.24) is 5.32 Å². The van der Waals surface area contributed by atoms with E-state index in [0.29, 0.717) is 12.3 Å². The number of benzene rings is 3. The van der Waals surface area contributed by atoms with Gasteiger partial charge in [-0.2, -0.15) is 0 Å². The third-order valence-corrected chi connectivity index (χ3v) is 5.90. The molecular weight excluding hydrogens is 470 g/mol. The van der Waals surface area contributed by atoms with Crippen molar-refractivity contribution in [3.63, 3.8) is 0 Å². The van der Waals surface area contributed by atoms with E-state index >= 15 is 0 Å². The van der Waals surface area contributed by atoms with Crippen LogP contribution in [0.25, 0.3) is 0 Å². The van der Waals surface area contributed by atoms with Gasteiger partial charge < -0.3 is 15.4 Å². The molecule has 0 heterocycles. The summed E-state index contributed by atoms with van der Waals surface area (Å²) in [7, 11) is 1.54. The third kappa shape index (κ3) is 6.90. The maximum atomic E-state index is 13.0. The number of nitro benzene ring substituents is 1. The SMILES string of the molecule is CNc1ccc(C(=O)c2ccccc2C(=O)OCC(=O)NCCSc2ccccc2)cc1[N+](=O)[O-]. The molecule has 0 aliphatic carbocycles. The second-order valence-electron chi connectivity index (χ2n) is 7.20. The molecule has 0 saturated heterocycles. The summed E-state index contributed by atoms with van der Waals surface area (Å²) in [6, 6.07) is 19.7. The van der Waals surface area contributed by atoms with Crippen molar-refractivity contribution in [2.75, 3.05) is 31.3 Å². The number of rotatable bonds is 11. The first-order valence-corrected chi connectivity index (χ1v) is 11.6. The summed E-state index contributed by atoms with van der Waals surface area (Å²) in [5, 5.41) is 16.7. The van der Waals surface area contributed by atoms with Crippen LogP contribution in [0.15, 0.2) is 77.7 Å². The Bertz CT molecular complexity index is 1230. The highest BCUT2D eigenvalue weighted by Crippen LogP contribution is 2.27. The first-order valence-electron chi connectivity index (χ1n) is 10.6. The summed E-state index contributed by atoms with van der Waals surface area (Å²) in [6.07, 6.45) is 0. The summed E-state index contributed by atoms with van der Waals surface area (Å²) < 4.78 is 5.10. The van der Waals surface area contributed by atoms with Crippen LogP contribution in [0, 0.1) is 10.1 Å². The molecule has 0 fully saturated rings. The highest BCUT2D eigenvalue weighted by atomic mass is 32.2. The van der Waals surface area contributed by atoms with Gasteiger partial charge in [-0.25, -0.2) is 4.79 Å². The highest BCUT2D eigenvalue weighted by molar-refractivity contribution is 7.99. The Morgan fingerprint density at radius 1 is 0.971 bits per heavy atom. The molecule has 0 aromatic heterocycles. The van der Waals surface area contributed by atoms with E-state index in [9.17, 15) is 24.5 Å². The van der Waals surface area contributed by atoms with Gasteiger partial charge in [0.1, 0.15) is 5.69 Å². The lowest BCUT2D eigenvalue weighted by Crippen LogP contribution is -2.30. The zero-order valence-corrected chi connectivity index (χ0v) is 19.7. The van der Waals surface area contributed by atoms with Crippen molar-refractivity contribution >= 4 is 40.8 Å². The Hall–Kier alpha value is -4.18. The largest absolute Gasteiger partial charge is 0.452 e. The zero-order chi connectivity index (χ0) is 25.2. The number of thioether (sulfide) groups is 1. The number of esters is 1. The Morgan fingerprint density at radius 2 is 1.66 bits per heavy atom. The average Bonchev–Trinajstić information content (AvgIpc) is 2.89. The van der Waals surface area contributed by atoms with Gasteiger partial charge in [0.15, 0.2) is 12.4 Å². The van der Waals surface area contributed by atoms with Crippen LogP contribution in [0.1, 0.15) is 26.3 Å². The van der Waals surface area contributed by atoms with Gasteiger partial charge in [0.05, 0.1) is 10.5 Å². The van der Waals surface area contributed by atoms with E-state index < -0.39 is 29.2 Å². The lowest BCUT2D eigenvalue weighted by molar-refractivity contribution is -0.384. The third-order valence-electron chi connectivity index (χ3n) is 4.89. The number of nitrogens with one attached hydrogen (secondary N) is 2. The van der Waals surface area contributed by atoms with Crippen molar-refractivity contribution in [1.29, 1.82) is 0 Å². The van der Waals surface area contributed by atoms with Crippen LogP contribution in [-0.4, -0.2) is 48.5 Å². The van der Waals surface area contributed by atoms with Crippen LogP contribution in [0.2, 0.25) is 0 Å². The Labute approximate surface area is 206 Å². The Balaban J connectivity index is 1.60. The Kier molecular flexibility index (Phi) is 8.96. The molecule has 10 heteroatoms. The predicted molar refractivity (Wildman–Crippen MR) is 133 cm³/mol. The topological polar surface area (TPSA) is 128 Å². The number of hydrogen-bond acceptors (Lipinski definition) is 8. The monoisotopic (exact) mass is 493 g/mol. The van der Waals surface area contributed by atoms with Crippen LogP contribution in [-0.2, 0) is 9.53 Å². The van der Waals surface area contributed by atoms with Crippen molar-refractivity contribution in [3.8, 4) is 0 Å². The van der Waals surface area contributed by atoms with Gasteiger partial charge in [0.2, 0.25) is 0 Å². The molecule has 180 valence electrons. The molecule has 9 nitrogen and oxygen atoms in total. The normalized spacial score (nSPS) is 10.3. The standard InChI is InChI=1S/C25H23N3O6S/c1-26-21-12-11-17(15-22(21)28(32)33)24(30)19-9-5-6-10-20(19)25(31)34-16-23(29)27-13-14-35-18-7-3-2-4-8-18/h2-12,15,26H,13-14,16H2,1H3,(H,27,29). The second kappa shape index (κ2) is 12.3. The van der Waals surface area contributed by atoms with Gasteiger partial charge in [-0.1, -0.05) is 36.4 Å². The minimum absolute atomic E-state index is 0.0173. The zero-order valence-electron chi connectivity index (χ0n) is 18.9. The van der Waals surface area contributed by atoms with Crippen molar-refractivity contribution in [2.45, 2.75) is 4.90 Å². The van der Waals surface area contributed by atoms with E-state index in [1.54, 1.807) is 23.9 Å². The van der Waals surface area contributed by atoms with Crippen LogP contribution in [0.3, 0.4) is 0 Å². The Morgan fingerprint density at radius 3 is 2.34 bits per heavy atom. The molecule has 0 saturated carbocycles. The molecule has 3 aromatic carbocycles. The molecule has 0 radical (unpaired) electrons. The van der Waals surface area contributed by atoms with Gasteiger partial charge in [-0.05, 0) is 30.3 Å². The van der Waals surface area contributed by atoms with Crippen molar-refractivity contribution in [2.24, 2.45) is 0 Å². The lowest BCUT2D eigenvalue weighted by atomic mass is 9.97. The molecule has 0 aliphatic heterocycles. The number of ketones is 1. The minimum Gasteiger partial charge on any atom is -0.452 e. The van der Waals surface area contributed by atoms with Gasteiger partial charge in [-0.3, -0.25) is 19.7 Å². The molecule has 0 spiro atoms. The van der Waals surface area contributed by atoms with Gasteiger partial charge in [0.25, 0.3) is 11.6 Å². The second-order valence-corrected chi connectivity index (χ2v) is 8.37. The molecule has 0 atom stereocenters. The van der Waals surface area contributed by atoms with E-state index in [-0.39, 0.29) is 28.1 Å². The van der Waals surface area contributed by atoms with E-state index in [1.165, 1.54) is 31.3 Å². The van der Waals surface area contributed by atoms with Gasteiger partial charge >= 0.3 is 5.97 Å².